The maximum Gasteiger partial charge on any atom is 0.312 e. The van der Waals surface area contributed by atoms with E-state index < -0.39 is 0 Å². The summed E-state index contributed by atoms with van der Waals surface area (Å²) in [5, 5.41) is 3.24. The van der Waals surface area contributed by atoms with Gasteiger partial charge in [-0.25, -0.2) is 0 Å². The fraction of sp³-hybridized carbons (Fsp3) is 0.846. The number of amides is 2. The van der Waals surface area contributed by atoms with Gasteiger partial charge in [0.2, 0.25) is 0 Å². The summed E-state index contributed by atoms with van der Waals surface area (Å²) in [6.07, 6.45) is 2.89. The summed E-state index contributed by atoms with van der Waals surface area (Å²) in [6.45, 7) is 7.81. The van der Waals surface area contributed by atoms with Gasteiger partial charge < -0.3 is 15.1 Å². The number of nitrogens with one attached hydrogen (secondary N) is 1. The first-order valence-electron chi connectivity index (χ1n) is 6.84. The predicted octanol–water partition coefficient (Wildman–Crippen LogP) is 0.209. The molecule has 0 saturated carbocycles. The van der Waals surface area contributed by atoms with Gasteiger partial charge in [0.05, 0.1) is 0 Å². The first-order chi connectivity index (χ1) is 8.52. The van der Waals surface area contributed by atoms with Crippen LogP contribution in [0.2, 0.25) is 0 Å². The third kappa shape index (κ3) is 2.66. The van der Waals surface area contributed by atoms with Crippen LogP contribution in [-0.4, -0.2) is 59.9 Å². The Morgan fingerprint density at radius 3 is 2.44 bits per heavy atom. The Kier molecular flexibility index (Phi) is 3.90. The molecule has 2 amide bonds. The molecule has 18 heavy (non-hydrogen) atoms. The molecule has 0 aromatic heterocycles. The highest BCUT2D eigenvalue weighted by Gasteiger charge is 2.39. The predicted molar refractivity (Wildman–Crippen MR) is 69.1 cm³/mol. The number of carbonyl (C=O) groups excluding carboxylic acids is 2. The van der Waals surface area contributed by atoms with Crippen molar-refractivity contribution < 1.29 is 9.59 Å². The Bertz CT molecular complexity index is 333. The van der Waals surface area contributed by atoms with Crippen molar-refractivity contribution in [3.63, 3.8) is 0 Å². The molecule has 0 spiro atoms. The monoisotopic (exact) mass is 253 g/mol. The highest BCUT2D eigenvalue weighted by atomic mass is 16.2. The lowest BCUT2D eigenvalue weighted by Crippen LogP contribution is -2.51. The molecule has 2 saturated heterocycles. The molecule has 2 heterocycles. The second-order valence-electron chi connectivity index (χ2n) is 5.77. The molecule has 2 fully saturated rings. The van der Waals surface area contributed by atoms with Gasteiger partial charge >= 0.3 is 11.8 Å². The molecule has 0 radical (unpaired) electrons. The van der Waals surface area contributed by atoms with Crippen molar-refractivity contribution in [2.45, 2.75) is 38.6 Å². The van der Waals surface area contributed by atoms with E-state index >= 15 is 0 Å². The van der Waals surface area contributed by atoms with Crippen molar-refractivity contribution in [3.8, 4) is 0 Å². The number of carbonyl (C=O) groups is 2. The summed E-state index contributed by atoms with van der Waals surface area (Å²) in [7, 11) is 0. The minimum absolute atomic E-state index is 0.170. The van der Waals surface area contributed by atoms with E-state index in [2.05, 4.69) is 5.32 Å². The lowest BCUT2D eigenvalue weighted by molar-refractivity contribution is -0.153. The van der Waals surface area contributed by atoms with Crippen molar-refractivity contribution in [2.75, 3.05) is 32.7 Å². The molecule has 0 aromatic rings. The third-order valence-electron chi connectivity index (χ3n) is 3.96. The van der Waals surface area contributed by atoms with Gasteiger partial charge in [-0.05, 0) is 39.7 Å². The van der Waals surface area contributed by atoms with Crippen LogP contribution in [-0.2, 0) is 9.59 Å². The molecular formula is C13H23N3O2. The fourth-order valence-electron chi connectivity index (χ4n) is 2.78. The van der Waals surface area contributed by atoms with Crippen LogP contribution < -0.4 is 5.32 Å². The number of hydrogen-bond donors (Lipinski definition) is 1. The zero-order chi connectivity index (χ0) is 13.2. The molecule has 5 heteroatoms. The molecule has 1 N–H and O–H groups in total. The Hall–Kier alpha value is -1.10. The number of rotatable bonds is 0. The zero-order valence-electron chi connectivity index (χ0n) is 11.4. The smallest absolute Gasteiger partial charge is 0.312 e. The molecule has 102 valence electrons. The van der Waals surface area contributed by atoms with Crippen LogP contribution in [0, 0.1) is 0 Å². The Labute approximate surface area is 108 Å². The van der Waals surface area contributed by atoms with E-state index in [1.165, 1.54) is 0 Å². The Morgan fingerprint density at radius 1 is 1.00 bits per heavy atom. The molecule has 5 nitrogen and oxygen atoms in total. The van der Waals surface area contributed by atoms with Crippen LogP contribution in [0.25, 0.3) is 0 Å². The van der Waals surface area contributed by atoms with Gasteiger partial charge in [-0.1, -0.05) is 0 Å². The number of likely N-dealkylation sites (tertiary alicyclic amines) is 1. The Balaban J connectivity index is 2.01. The van der Waals surface area contributed by atoms with Crippen LogP contribution >= 0.6 is 0 Å². The van der Waals surface area contributed by atoms with E-state index in [-0.39, 0.29) is 17.4 Å². The van der Waals surface area contributed by atoms with Crippen molar-refractivity contribution in [2.24, 2.45) is 0 Å². The van der Waals surface area contributed by atoms with E-state index in [0.717, 1.165) is 32.4 Å². The second-order valence-corrected chi connectivity index (χ2v) is 5.77. The lowest BCUT2D eigenvalue weighted by Gasteiger charge is -2.32. The van der Waals surface area contributed by atoms with Gasteiger partial charge in [0, 0.05) is 31.7 Å². The lowest BCUT2D eigenvalue weighted by atomic mass is 10.0. The van der Waals surface area contributed by atoms with Crippen LogP contribution in [0.5, 0.6) is 0 Å². The summed E-state index contributed by atoms with van der Waals surface area (Å²) in [5.74, 6) is -0.645. The average molecular weight is 253 g/mol. The quantitative estimate of drug-likeness (QED) is 0.628. The largest absolute Gasteiger partial charge is 0.333 e. The van der Waals surface area contributed by atoms with Crippen LogP contribution in [0.15, 0.2) is 0 Å². The molecule has 2 rings (SSSR count). The molecule has 0 atom stereocenters. The second kappa shape index (κ2) is 5.26. The topological polar surface area (TPSA) is 52.7 Å². The molecule has 2 aliphatic rings. The molecule has 2 aliphatic heterocycles. The molecule has 0 aliphatic carbocycles. The average Bonchev–Trinajstić information content (AvgIpc) is 2.57. The molecular weight excluding hydrogens is 230 g/mol. The number of hydrogen-bond acceptors (Lipinski definition) is 3. The van der Waals surface area contributed by atoms with Gasteiger partial charge in [0.25, 0.3) is 0 Å². The molecule has 0 bridgehead atoms. The standard InChI is InChI=1S/C13H23N3O2/c1-13(2)5-3-9-16(13)12(18)11(17)15-8-4-6-14-7-10-15/h14H,3-10H2,1-2H3. The van der Waals surface area contributed by atoms with Crippen molar-refractivity contribution in [1.82, 2.24) is 15.1 Å². The van der Waals surface area contributed by atoms with Crippen molar-refractivity contribution in [1.29, 1.82) is 0 Å². The highest BCUT2D eigenvalue weighted by molar-refractivity contribution is 6.35. The Morgan fingerprint density at radius 2 is 1.78 bits per heavy atom. The van der Waals surface area contributed by atoms with E-state index in [9.17, 15) is 9.59 Å². The maximum atomic E-state index is 12.3. The van der Waals surface area contributed by atoms with Gasteiger partial charge in [-0.2, -0.15) is 0 Å². The van der Waals surface area contributed by atoms with E-state index in [1.807, 2.05) is 13.8 Å². The SMILES string of the molecule is CC1(C)CCCN1C(=O)C(=O)N1CCCNCC1. The zero-order valence-corrected chi connectivity index (χ0v) is 11.4. The van der Waals surface area contributed by atoms with Gasteiger partial charge in [-0.3, -0.25) is 9.59 Å². The summed E-state index contributed by atoms with van der Waals surface area (Å²) in [6, 6.07) is 0. The van der Waals surface area contributed by atoms with E-state index in [0.29, 0.717) is 19.6 Å². The molecule has 0 aromatic carbocycles. The minimum atomic E-state index is -0.325. The van der Waals surface area contributed by atoms with Crippen molar-refractivity contribution in [3.05, 3.63) is 0 Å². The van der Waals surface area contributed by atoms with Crippen molar-refractivity contribution >= 4 is 11.8 Å². The number of nitrogens with zero attached hydrogens (tertiary/aromatic N) is 2. The first-order valence-corrected chi connectivity index (χ1v) is 6.84. The first kappa shape index (κ1) is 13.3. The minimum Gasteiger partial charge on any atom is -0.333 e. The summed E-state index contributed by atoms with van der Waals surface area (Å²) < 4.78 is 0. The van der Waals surface area contributed by atoms with Crippen LogP contribution in [0.4, 0.5) is 0 Å². The van der Waals surface area contributed by atoms with Crippen LogP contribution in [0.1, 0.15) is 33.1 Å². The van der Waals surface area contributed by atoms with Gasteiger partial charge in [0.1, 0.15) is 0 Å². The highest BCUT2D eigenvalue weighted by Crippen LogP contribution is 2.28. The van der Waals surface area contributed by atoms with E-state index in [1.54, 1.807) is 9.80 Å². The van der Waals surface area contributed by atoms with Crippen LogP contribution in [0.3, 0.4) is 0 Å². The maximum absolute atomic E-state index is 12.3. The van der Waals surface area contributed by atoms with E-state index in [4.69, 9.17) is 0 Å². The summed E-state index contributed by atoms with van der Waals surface area (Å²) in [5.41, 5.74) is -0.170. The summed E-state index contributed by atoms with van der Waals surface area (Å²) in [4.78, 5) is 28.0. The summed E-state index contributed by atoms with van der Waals surface area (Å²) >= 11 is 0. The van der Waals surface area contributed by atoms with Gasteiger partial charge in [-0.15, -0.1) is 0 Å². The fourth-order valence-corrected chi connectivity index (χ4v) is 2.78. The molecule has 0 unspecified atom stereocenters. The normalized spacial score (nSPS) is 23.9. The third-order valence-corrected chi connectivity index (χ3v) is 3.96. The van der Waals surface area contributed by atoms with Gasteiger partial charge in [0.15, 0.2) is 0 Å².